The summed E-state index contributed by atoms with van der Waals surface area (Å²) >= 11 is 0. The van der Waals surface area contributed by atoms with E-state index in [1.54, 1.807) is 18.3 Å². The minimum atomic E-state index is -3.13. The molecule has 0 saturated heterocycles. The summed E-state index contributed by atoms with van der Waals surface area (Å²) in [7, 11) is -3.13. The van der Waals surface area contributed by atoms with E-state index >= 15 is 0 Å². The van der Waals surface area contributed by atoms with Gasteiger partial charge in [-0.3, -0.25) is 4.79 Å². The first-order chi connectivity index (χ1) is 11.6. The van der Waals surface area contributed by atoms with Crippen molar-refractivity contribution in [1.29, 1.82) is 0 Å². The van der Waals surface area contributed by atoms with Crippen molar-refractivity contribution < 1.29 is 17.9 Å². The number of rotatable bonds is 10. The maximum Gasteiger partial charge on any atom is 0.237 e. The lowest BCUT2D eigenvalue weighted by Crippen LogP contribution is -2.41. The summed E-state index contributed by atoms with van der Waals surface area (Å²) in [6.45, 7) is 6.54. The van der Waals surface area contributed by atoms with Gasteiger partial charge in [0.05, 0.1) is 17.9 Å². The van der Waals surface area contributed by atoms with E-state index in [-0.39, 0.29) is 30.7 Å². The Balaban J connectivity index is 2.51. The molecule has 0 fully saturated rings. The number of pyridine rings is 1. The molecule has 0 radical (unpaired) electrons. The Bertz CT molecular complexity index is 662. The van der Waals surface area contributed by atoms with E-state index in [9.17, 15) is 13.2 Å². The predicted molar refractivity (Wildman–Crippen MR) is 97.9 cm³/mol. The van der Waals surface area contributed by atoms with Gasteiger partial charge in [0.2, 0.25) is 11.8 Å². The molecule has 1 aromatic rings. The molecular formula is C17H29N3O4S. The molecule has 0 bridgehead atoms. The lowest BCUT2D eigenvalue weighted by molar-refractivity contribution is -0.122. The summed E-state index contributed by atoms with van der Waals surface area (Å²) in [6, 6.07) is 2.71. The van der Waals surface area contributed by atoms with E-state index in [1.165, 1.54) is 0 Å². The number of amides is 1. The van der Waals surface area contributed by atoms with Crippen LogP contribution in [0, 0.1) is 5.92 Å². The van der Waals surface area contributed by atoms with Gasteiger partial charge < -0.3 is 15.8 Å². The van der Waals surface area contributed by atoms with Crippen molar-refractivity contribution in [2.75, 3.05) is 12.0 Å². The number of aromatic nitrogens is 1. The Morgan fingerprint density at radius 1 is 1.36 bits per heavy atom. The second-order valence-electron chi connectivity index (χ2n) is 6.80. The number of nitrogens with one attached hydrogen (secondary N) is 1. The zero-order valence-electron chi connectivity index (χ0n) is 15.4. The highest BCUT2D eigenvalue weighted by Crippen LogP contribution is 2.14. The van der Waals surface area contributed by atoms with Crippen LogP contribution in [0.4, 0.5) is 0 Å². The highest BCUT2D eigenvalue weighted by atomic mass is 32.2. The third-order valence-electron chi connectivity index (χ3n) is 3.53. The van der Waals surface area contributed by atoms with Gasteiger partial charge in [0.15, 0.2) is 0 Å². The van der Waals surface area contributed by atoms with Crippen molar-refractivity contribution in [3.63, 3.8) is 0 Å². The molecule has 1 rings (SSSR count). The van der Waals surface area contributed by atoms with Crippen LogP contribution in [0.2, 0.25) is 0 Å². The first-order valence-electron chi connectivity index (χ1n) is 8.39. The molecule has 1 amide bonds. The standard InChI is InChI=1S/C17H29N3O4S/c1-12(2)9-13(3)24-16-10-14(5-7-19-16)11-20-17(21)15(18)6-8-25(4,22)23/h5,7,10,12-13,15H,6,8-9,11,18H2,1-4H3,(H,20,21). The van der Waals surface area contributed by atoms with Gasteiger partial charge >= 0.3 is 0 Å². The Kier molecular flexibility index (Phi) is 8.31. The molecule has 8 heteroatoms. The Morgan fingerprint density at radius 2 is 2.04 bits per heavy atom. The average molecular weight is 372 g/mol. The number of hydrogen-bond donors (Lipinski definition) is 2. The van der Waals surface area contributed by atoms with Crippen molar-refractivity contribution in [2.45, 2.75) is 52.3 Å². The topological polar surface area (TPSA) is 111 Å². The molecule has 0 aliphatic carbocycles. The van der Waals surface area contributed by atoms with Gasteiger partial charge in [0, 0.05) is 25.1 Å². The molecule has 2 atom stereocenters. The Labute approximate surface area is 150 Å². The minimum Gasteiger partial charge on any atom is -0.475 e. The predicted octanol–water partition coefficient (Wildman–Crippen LogP) is 1.27. The number of carbonyl (C=O) groups is 1. The van der Waals surface area contributed by atoms with Crippen molar-refractivity contribution in [1.82, 2.24) is 10.3 Å². The van der Waals surface area contributed by atoms with Gasteiger partial charge in [0.25, 0.3) is 0 Å². The van der Waals surface area contributed by atoms with Crippen molar-refractivity contribution >= 4 is 15.7 Å². The molecule has 1 heterocycles. The fourth-order valence-electron chi connectivity index (χ4n) is 2.34. The highest BCUT2D eigenvalue weighted by Gasteiger charge is 2.16. The highest BCUT2D eigenvalue weighted by molar-refractivity contribution is 7.90. The first kappa shape index (κ1) is 21.4. The van der Waals surface area contributed by atoms with Crippen LogP contribution in [0.5, 0.6) is 5.88 Å². The van der Waals surface area contributed by atoms with E-state index in [0.717, 1.165) is 18.2 Å². The lowest BCUT2D eigenvalue weighted by atomic mass is 10.1. The molecule has 1 aromatic heterocycles. The van der Waals surface area contributed by atoms with Crippen LogP contribution >= 0.6 is 0 Å². The summed E-state index contributed by atoms with van der Waals surface area (Å²) in [5.41, 5.74) is 6.56. The van der Waals surface area contributed by atoms with Crippen LogP contribution in [0.1, 0.15) is 39.2 Å². The third-order valence-corrected chi connectivity index (χ3v) is 4.50. The number of nitrogens with two attached hydrogens (primary N) is 1. The molecule has 0 aromatic carbocycles. The molecule has 0 aliphatic heterocycles. The summed E-state index contributed by atoms with van der Waals surface area (Å²) in [5, 5.41) is 2.71. The fraction of sp³-hybridized carbons (Fsp3) is 0.647. The monoisotopic (exact) mass is 371 g/mol. The number of ether oxygens (including phenoxy) is 1. The molecule has 0 aliphatic rings. The zero-order valence-corrected chi connectivity index (χ0v) is 16.2. The Morgan fingerprint density at radius 3 is 2.64 bits per heavy atom. The van der Waals surface area contributed by atoms with Crippen LogP contribution in [0.15, 0.2) is 18.3 Å². The fourth-order valence-corrected chi connectivity index (χ4v) is 3.02. The number of nitrogens with zero attached hydrogens (tertiary/aromatic N) is 1. The van der Waals surface area contributed by atoms with E-state index in [0.29, 0.717) is 11.8 Å². The summed E-state index contributed by atoms with van der Waals surface area (Å²) in [4.78, 5) is 16.1. The summed E-state index contributed by atoms with van der Waals surface area (Å²) in [5.74, 6) is 0.561. The van der Waals surface area contributed by atoms with Crippen molar-refractivity contribution in [3.05, 3.63) is 23.9 Å². The molecule has 142 valence electrons. The summed E-state index contributed by atoms with van der Waals surface area (Å²) in [6.07, 6.45) is 3.83. The molecule has 25 heavy (non-hydrogen) atoms. The van der Waals surface area contributed by atoms with Gasteiger partial charge in [-0.05, 0) is 37.3 Å². The maximum absolute atomic E-state index is 11.9. The van der Waals surface area contributed by atoms with Crippen LogP contribution in [-0.2, 0) is 21.2 Å². The van der Waals surface area contributed by atoms with Crippen LogP contribution in [-0.4, -0.2) is 43.5 Å². The first-order valence-corrected chi connectivity index (χ1v) is 10.5. The second-order valence-corrected chi connectivity index (χ2v) is 9.06. The van der Waals surface area contributed by atoms with E-state index < -0.39 is 15.9 Å². The van der Waals surface area contributed by atoms with Gasteiger partial charge in [-0.15, -0.1) is 0 Å². The number of carbonyl (C=O) groups excluding carboxylic acids is 1. The Hall–Kier alpha value is -1.67. The van der Waals surface area contributed by atoms with Gasteiger partial charge in [-0.2, -0.15) is 0 Å². The maximum atomic E-state index is 11.9. The largest absolute Gasteiger partial charge is 0.475 e. The van der Waals surface area contributed by atoms with Gasteiger partial charge in [-0.1, -0.05) is 13.8 Å². The molecule has 7 nitrogen and oxygen atoms in total. The van der Waals surface area contributed by atoms with Crippen LogP contribution in [0.25, 0.3) is 0 Å². The average Bonchev–Trinajstić information content (AvgIpc) is 2.49. The van der Waals surface area contributed by atoms with Crippen LogP contribution < -0.4 is 15.8 Å². The van der Waals surface area contributed by atoms with Crippen LogP contribution in [0.3, 0.4) is 0 Å². The molecule has 0 spiro atoms. The minimum absolute atomic E-state index is 0.0572. The number of sulfone groups is 1. The molecule has 2 unspecified atom stereocenters. The zero-order chi connectivity index (χ0) is 19.0. The van der Waals surface area contributed by atoms with Crippen molar-refractivity contribution in [2.24, 2.45) is 11.7 Å². The molecule has 3 N–H and O–H groups in total. The van der Waals surface area contributed by atoms with Gasteiger partial charge in [-0.25, -0.2) is 13.4 Å². The lowest BCUT2D eigenvalue weighted by Gasteiger charge is -2.16. The van der Waals surface area contributed by atoms with E-state index in [2.05, 4.69) is 24.1 Å². The quantitative estimate of drug-likeness (QED) is 0.641. The van der Waals surface area contributed by atoms with Crippen molar-refractivity contribution in [3.8, 4) is 5.88 Å². The molecular weight excluding hydrogens is 342 g/mol. The van der Waals surface area contributed by atoms with Gasteiger partial charge in [0.1, 0.15) is 9.84 Å². The smallest absolute Gasteiger partial charge is 0.237 e. The third kappa shape index (κ3) is 9.40. The summed E-state index contributed by atoms with van der Waals surface area (Å²) < 4.78 is 28.0. The molecule has 0 saturated carbocycles. The SMILES string of the molecule is CC(C)CC(C)Oc1cc(CNC(=O)C(N)CCS(C)(=O)=O)ccn1. The second kappa shape index (κ2) is 9.72. The van der Waals surface area contributed by atoms with E-state index in [1.807, 2.05) is 6.92 Å². The normalized spacial score (nSPS) is 14.2. The van der Waals surface area contributed by atoms with E-state index in [4.69, 9.17) is 10.5 Å². The number of hydrogen-bond acceptors (Lipinski definition) is 6.